The van der Waals surface area contributed by atoms with Crippen LogP contribution in [-0.4, -0.2) is 49.1 Å². The van der Waals surface area contributed by atoms with Crippen molar-refractivity contribution in [2.24, 2.45) is 34.5 Å². The zero-order valence-electron chi connectivity index (χ0n) is 22.6. The normalized spacial score (nSPS) is 35.4. The average Bonchev–Trinajstić information content (AvgIpc) is 3.25. The van der Waals surface area contributed by atoms with E-state index >= 15 is 0 Å². The molecule has 5 rings (SSSR count). The van der Waals surface area contributed by atoms with Crippen LogP contribution in [0.15, 0.2) is 48.1 Å². The van der Waals surface area contributed by atoms with Gasteiger partial charge < -0.3 is 19.9 Å². The fourth-order valence-corrected chi connectivity index (χ4v) is 8.16. The fourth-order valence-electron chi connectivity index (χ4n) is 8.16. The predicted molar refractivity (Wildman–Crippen MR) is 142 cm³/mol. The Morgan fingerprint density at radius 2 is 1.89 bits per heavy atom. The van der Waals surface area contributed by atoms with Crippen molar-refractivity contribution in [3.63, 3.8) is 0 Å². The van der Waals surface area contributed by atoms with E-state index in [0.717, 1.165) is 31.3 Å². The topological polar surface area (TPSA) is 102 Å². The van der Waals surface area contributed by atoms with Crippen LogP contribution in [0.5, 0.6) is 5.75 Å². The molecule has 0 aromatic heterocycles. The van der Waals surface area contributed by atoms with Gasteiger partial charge in [-0.15, -0.1) is 0 Å². The molecule has 3 saturated carbocycles. The van der Waals surface area contributed by atoms with Gasteiger partial charge in [0.15, 0.2) is 5.78 Å². The molecule has 1 amide bonds. The second kappa shape index (κ2) is 10.3. The molecule has 1 aromatic rings. The van der Waals surface area contributed by atoms with Crippen molar-refractivity contribution in [1.82, 2.24) is 5.32 Å². The smallest absolute Gasteiger partial charge is 0.337 e. The van der Waals surface area contributed by atoms with Crippen LogP contribution in [0, 0.1) is 34.5 Å². The summed E-state index contributed by atoms with van der Waals surface area (Å²) in [6, 6.07) is 6.79. The van der Waals surface area contributed by atoms with E-state index in [2.05, 4.69) is 19.2 Å². The molecule has 0 bridgehead atoms. The van der Waals surface area contributed by atoms with E-state index in [4.69, 9.17) is 9.47 Å². The number of allylic oxidation sites excluding steroid dienone is 4. The number of hydrogen-bond acceptors (Lipinski definition) is 6. The maximum absolute atomic E-state index is 13.3. The number of fused-ring (bicyclic) bond motifs is 5. The van der Waals surface area contributed by atoms with E-state index < -0.39 is 6.10 Å². The largest absolute Gasteiger partial charge is 0.494 e. The summed E-state index contributed by atoms with van der Waals surface area (Å²) >= 11 is 0. The minimum atomic E-state index is -0.500. The summed E-state index contributed by atoms with van der Waals surface area (Å²) < 4.78 is 10.5. The molecule has 0 saturated heterocycles. The zero-order chi connectivity index (χ0) is 27.1. The van der Waals surface area contributed by atoms with E-state index in [1.54, 1.807) is 36.4 Å². The molecular weight excluding hydrogens is 482 g/mol. The third-order valence-corrected chi connectivity index (χ3v) is 9.97. The van der Waals surface area contributed by atoms with Crippen LogP contribution in [0.2, 0.25) is 0 Å². The van der Waals surface area contributed by atoms with Gasteiger partial charge >= 0.3 is 5.97 Å². The Morgan fingerprint density at radius 1 is 1.13 bits per heavy atom. The summed E-state index contributed by atoms with van der Waals surface area (Å²) in [6.45, 7) is 5.37. The monoisotopic (exact) mass is 521 g/mol. The quantitative estimate of drug-likeness (QED) is 0.411. The molecule has 7 nitrogen and oxygen atoms in total. The lowest BCUT2D eigenvalue weighted by Crippen LogP contribution is -2.57. The molecule has 3 fully saturated rings. The Kier molecular flexibility index (Phi) is 7.25. The summed E-state index contributed by atoms with van der Waals surface area (Å²) in [5, 5.41) is 14.6. The van der Waals surface area contributed by atoms with Gasteiger partial charge in [-0.2, -0.15) is 0 Å². The van der Waals surface area contributed by atoms with Crippen LogP contribution in [-0.2, 0) is 14.3 Å². The first-order valence-electron chi connectivity index (χ1n) is 13.9. The molecule has 204 valence electrons. The zero-order valence-corrected chi connectivity index (χ0v) is 22.6. The number of ketones is 1. The number of benzene rings is 1. The van der Waals surface area contributed by atoms with Gasteiger partial charge in [0, 0.05) is 23.8 Å². The van der Waals surface area contributed by atoms with Crippen molar-refractivity contribution in [2.75, 3.05) is 20.3 Å². The number of rotatable bonds is 7. The highest BCUT2D eigenvalue weighted by Crippen LogP contribution is 2.65. The summed E-state index contributed by atoms with van der Waals surface area (Å²) in [5.74, 6) is 1.13. The van der Waals surface area contributed by atoms with Gasteiger partial charge in [-0.3, -0.25) is 9.59 Å². The van der Waals surface area contributed by atoms with Gasteiger partial charge in [0.1, 0.15) is 5.75 Å². The number of methoxy groups -OCH3 is 1. The van der Waals surface area contributed by atoms with E-state index in [-0.39, 0.29) is 40.3 Å². The SMILES string of the molecule is COC(=O)c1ccc(OCCCNC(=O)C2CCC3C4CCC5=CC(=O)C=CC5(C)C4C(O)CC23C)cc1. The van der Waals surface area contributed by atoms with Crippen molar-refractivity contribution in [3.8, 4) is 5.75 Å². The number of ether oxygens (including phenoxy) is 2. The van der Waals surface area contributed by atoms with Crippen molar-refractivity contribution < 1.29 is 29.0 Å². The van der Waals surface area contributed by atoms with Crippen molar-refractivity contribution in [1.29, 1.82) is 0 Å². The first kappa shape index (κ1) is 26.7. The number of esters is 1. The summed E-state index contributed by atoms with van der Waals surface area (Å²) in [6.07, 6.45) is 9.97. The van der Waals surface area contributed by atoms with Crippen LogP contribution in [0.4, 0.5) is 0 Å². The average molecular weight is 522 g/mol. The van der Waals surface area contributed by atoms with Gasteiger partial charge in [-0.1, -0.05) is 25.5 Å². The van der Waals surface area contributed by atoms with Gasteiger partial charge in [0.05, 0.1) is 25.4 Å². The molecule has 7 heteroatoms. The molecule has 0 heterocycles. The second-order valence-electron chi connectivity index (χ2n) is 11.9. The molecule has 0 aliphatic heterocycles. The molecule has 0 radical (unpaired) electrons. The maximum atomic E-state index is 13.3. The molecular formula is C31H39NO6. The van der Waals surface area contributed by atoms with Crippen LogP contribution in [0.25, 0.3) is 0 Å². The first-order valence-corrected chi connectivity index (χ1v) is 13.9. The molecule has 7 unspecified atom stereocenters. The molecule has 2 N–H and O–H groups in total. The van der Waals surface area contributed by atoms with Gasteiger partial charge in [-0.05, 0) is 92.2 Å². The van der Waals surface area contributed by atoms with Crippen molar-refractivity contribution in [3.05, 3.63) is 53.6 Å². The number of carbonyl (C=O) groups is 3. The Bertz CT molecular complexity index is 1160. The standard InChI is InChI=1S/C31H39NO6/c1-30-14-13-21(33)17-20(30)7-10-23-24-11-12-25(31(24,2)18-26(34)27(23)30)28(35)32-15-4-16-38-22-8-5-19(6-9-22)29(36)37-3/h5-6,8-9,13-14,17,23-27,34H,4,7,10-12,15-16,18H2,1-3H3,(H,32,35). The van der Waals surface area contributed by atoms with E-state index in [0.29, 0.717) is 49.1 Å². The third-order valence-electron chi connectivity index (χ3n) is 9.97. The van der Waals surface area contributed by atoms with E-state index in [1.165, 1.54) is 7.11 Å². The lowest BCUT2D eigenvalue weighted by atomic mass is 9.47. The predicted octanol–water partition coefficient (Wildman–Crippen LogP) is 4.25. The number of nitrogens with one attached hydrogen (secondary N) is 1. The molecule has 7 atom stereocenters. The Hall–Kier alpha value is -2.93. The Morgan fingerprint density at radius 3 is 2.63 bits per heavy atom. The van der Waals surface area contributed by atoms with E-state index in [9.17, 15) is 19.5 Å². The van der Waals surface area contributed by atoms with Crippen LogP contribution in [0.1, 0.15) is 62.7 Å². The summed E-state index contributed by atoms with van der Waals surface area (Å²) in [5.41, 5.74) is 1.12. The highest BCUT2D eigenvalue weighted by Gasteiger charge is 2.62. The molecule has 4 aliphatic rings. The molecule has 4 aliphatic carbocycles. The highest BCUT2D eigenvalue weighted by atomic mass is 16.5. The van der Waals surface area contributed by atoms with E-state index in [1.807, 2.05) is 6.08 Å². The molecule has 0 spiro atoms. The molecule has 1 aromatic carbocycles. The summed E-state index contributed by atoms with van der Waals surface area (Å²) in [7, 11) is 1.35. The lowest BCUT2D eigenvalue weighted by molar-refractivity contribution is -0.140. The fraction of sp³-hybridized carbons (Fsp3) is 0.581. The van der Waals surface area contributed by atoms with Gasteiger partial charge in [-0.25, -0.2) is 4.79 Å². The Balaban J connectivity index is 1.16. The number of aliphatic hydroxyl groups excluding tert-OH is 1. The number of carbonyl (C=O) groups excluding carboxylic acids is 3. The van der Waals surface area contributed by atoms with Gasteiger partial charge in [0.2, 0.25) is 5.91 Å². The first-order chi connectivity index (χ1) is 18.2. The Labute approximate surface area is 224 Å². The van der Waals surface area contributed by atoms with Crippen LogP contribution in [0.3, 0.4) is 0 Å². The van der Waals surface area contributed by atoms with Gasteiger partial charge in [0.25, 0.3) is 0 Å². The van der Waals surface area contributed by atoms with Crippen LogP contribution < -0.4 is 10.1 Å². The summed E-state index contributed by atoms with van der Waals surface area (Å²) in [4.78, 5) is 36.9. The van der Waals surface area contributed by atoms with Crippen molar-refractivity contribution in [2.45, 2.75) is 58.5 Å². The number of hydrogen-bond donors (Lipinski definition) is 2. The number of aliphatic hydroxyl groups is 1. The maximum Gasteiger partial charge on any atom is 0.337 e. The minimum absolute atomic E-state index is 0.0468. The third kappa shape index (κ3) is 4.59. The molecule has 38 heavy (non-hydrogen) atoms. The van der Waals surface area contributed by atoms with Crippen LogP contribution >= 0.6 is 0 Å². The highest BCUT2D eigenvalue weighted by molar-refractivity contribution is 6.01. The second-order valence-corrected chi connectivity index (χ2v) is 11.9. The van der Waals surface area contributed by atoms with Crippen molar-refractivity contribution >= 4 is 17.7 Å². The number of amides is 1. The lowest BCUT2D eigenvalue weighted by Gasteiger charge is -2.58. The minimum Gasteiger partial charge on any atom is -0.494 e.